The molecule has 3 heterocycles. The van der Waals surface area contributed by atoms with Crippen LogP contribution in [0, 0.1) is 11.3 Å². The predicted molar refractivity (Wildman–Crippen MR) is 130 cm³/mol. The van der Waals surface area contributed by atoms with Gasteiger partial charge in [-0.1, -0.05) is 12.1 Å². The minimum Gasteiger partial charge on any atom is -0.508 e. The minimum absolute atomic E-state index is 0.0452. The lowest BCUT2D eigenvalue weighted by Gasteiger charge is -2.35. The maximum atomic E-state index is 13.2. The molecule has 0 atom stereocenters. The van der Waals surface area contributed by atoms with Crippen LogP contribution in [0.15, 0.2) is 65.6 Å². The number of hydrogen-bond donors (Lipinski definition) is 2. The zero-order valence-electron chi connectivity index (χ0n) is 18.8. The van der Waals surface area contributed by atoms with Gasteiger partial charge in [0.2, 0.25) is 0 Å². The Labute approximate surface area is 200 Å². The Balaban J connectivity index is 1.30. The highest BCUT2D eigenvalue weighted by molar-refractivity contribution is 5.94. The van der Waals surface area contributed by atoms with Crippen LogP contribution in [0.25, 0.3) is 10.8 Å². The monoisotopic (exact) mass is 466 g/mol. The number of carbonyl (C=O) groups is 1. The Morgan fingerprint density at radius 3 is 2.63 bits per heavy atom. The first-order valence-corrected chi connectivity index (χ1v) is 11.2. The molecule has 0 saturated carbocycles. The standard InChI is InChI=1S/C26H22N6O3/c27-15-18-4-7-24(28-16-18)31-8-10-32(11-9-31)26(35)19-3-1-2-17(12-19)13-23-22-14-20(33)5-6-21(22)25(34)30-29-23/h1-7,12,14,16,33H,8-11,13H2,(H,30,34). The van der Waals surface area contributed by atoms with Crippen molar-refractivity contribution in [2.45, 2.75) is 6.42 Å². The van der Waals surface area contributed by atoms with Gasteiger partial charge in [0, 0.05) is 49.7 Å². The summed E-state index contributed by atoms with van der Waals surface area (Å²) in [7, 11) is 0. The largest absolute Gasteiger partial charge is 0.508 e. The molecule has 2 N–H and O–H groups in total. The Morgan fingerprint density at radius 2 is 1.89 bits per heavy atom. The number of pyridine rings is 1. The first-order valence-electron chi connectivity index (χ1n) is 11.2. The van der Waals surface area contributed by atoms with Crippen molar-refractivity contribution >= 4 is 22.5 Å². The van der Waals surface area contributed by atoms with Gasteiger partial charge in [0.1, 0.15) is 17.6 Å². The van der Waals surface area contributed by atoms with Crippen LogP contribution >= 0.6 is 0 Å². The van der Waals surface area contributed by atoms with Gasteiger partial charge in [-0.25, -0.2) is 10.1 Å². The second-order valence-corrected chi connectivity index (χ2v) is 8.40. The van der Waals surface area contributed by atoms with Gasteiger partial charge in [0.15, 0.2) is 0 Å². The minimum atomic E-state index is -0.317. The van der Waals surface area contributed by atoms with E-state index in [1.165, 1.54) is 12.1 Å². The summed E-state index contributed by atoms with van der Waals surface area (Å²) in [5, 5.41) is 26.5. The van der Waals surface area contributed by atoms with Crippen molar-refractivity contribution in [1.29, 1.82) is 5.26 Å². The van der Waals surface area contributed by atoms with E-state index in [4.69, 9.17) is 5.26 Å². The molecule has 9 heteroatoms. The molecule has 0 aliphatic carbocycles. The summed E-state index contributed by atoms with van der Waals surface area (Å²) in [5.74, 6) is 0.811. The molecule has 1 aliphatic rings. The number of nitriles is 1. The summed E-state index contributed by atoms with van der Waals surface area (Å²) < 4.78 is 0. The number of H-pyrrole nitrogens is 1. The van der Waals surface area contributed by atoms with Gasteiger partial charge >= 0.3 is 0 Å². The molecule has 174 valence electrons. The highest BCUT2D eigenvalue weighted by Gasteiger charge is 2.23. The fourth-order valence-corrected chi connectivity index (χ4v) is 4.31. The van der Waals surface area contributed by atoms with Crippen LogP contribution in [0.4, 0.5) is 5.82 Å². The lowest BCUT2D eigenvalue weighted by molar-refractivity contribution is 0.0746. The van der Waals surface area contributed by atoms with E-state index in [1.807, 2.05) is 29.2 Å². The van der Waals surface area contributed by atoms with Gasteiger partial charge in [0.05, 0.1) is 16.6 Å². The highest BCUT2D eigenvalue weighted by atomic mass is 16.3. The number of phenolic OH excluding ortho intramolecular Hbond substituents is 1. The summed E-state index contributed by atoms with van der Waals surface area (Å²) in [6, 6.07) is 17.6. The number of nitrogens with zero attached hydrogens (tertiary/aromatic N) is 5. The van der Waals surface area contributed by atoms with Crippen molar-refractivity contribution in [2.24, 2.45) is 0 Å². The lowest BCUT2D eigenvalue weighted by atomic mass is 10.0. The molecular weight excluding hydrogens is 444 g/mol. The summed E-state index contributed by atoms with van der Waals surface area (Å²) in [5.41, 5.74) is 2.28. The van der Waals surface area contributed by atoms with Gasteiger partial charge < -0.3 is 14.9 Å². The number of nitrogens with one attached hydrogen (secondary N) is 1. The Kier molecular flexibility index (Phi) is 5.85. The molecular formula is C26H22N6O3. The molecule has 35 heavy (non-hydrogen) atoms. The quantitative estimate of drug-likeness (QED) is 0.473. The van der Waals surface area contributed by atoms with Crippen molar-refractivity contribution in [3.05, 3.63) is 93.5 Å². The summed E-state index contributed by atoms with van der Waals surface area (Å²) in [6.45, 7) is 2.44. The van der Waals surface area contributed by atoms with Gasteiger partial charge in [-0.15, -0.1) is 0 Å². The average molecular weight is 467 g/mol. The SMILES string of the molecule is N#Cc1ccc(N2CCN(C(=O)c3cccc(Cc4n[nH]c(=O)c5ccc(O)cc45)c3)CC2)nc1. The van der Waals surface area contributed by atoms with Crippen LogP contribution in [0.5, 0.6) is 5.75 Å². The Morgan fingerprint density at radius 1 is 1.06 bits per heavy atom. The zero-order valence-corrected chi connectivity index (χ0v) is 18.8. The van der Waals surface area contributed by atoms with Crippen molar-refractivity contribution in [3.8, 4) is 11.8 Å². The molecule has 1 amide bonds. The molecule has 1 saturated heterocycles. The van der Waals surface area contributed by atoms with E-state index in [0.29, 0.717) is 60.2 Å². The smallest absolute Gasteiger partial charge is 0.272 e. The molecule has 2 aromatic heterocycles. The summed E-state index contributed by atoms with van der Waals surface area (Å²) in [4.78, 5) is 33.5. The van der Waals surface area contributed by atoms with E-state index < -0.39 is 0 Å². The van der Waals surface area contributed by atoms with Gasteiger partial charge in [-0.05, 0) is 48.0 Å². The van der Waals surface area contributed by atoms with Crippen LogP contribution in [0.2, 0.25) is 0 Å². The summed E-state index contributed by atoms with van der Waals surface area (Å²) in [6.07, 6.45) is 1.95. The number of fused-ring (bicyclic) bond motifs is 1. The second-order valence-electron chi connectivity index (χ2n) is 8.40. The third-order valence-electron chi connectivity index (χ3n) is 6.16. The Bertz CT molecular complexity index is 1500. The number of aromatic amines is 1. The number of carbonyl (C=O) groups excluding carboxylic acids is 1. The maximum absolute atomic E-state index is 13.2. The van der Waals surface area contributed by atoms with Crippen LogP contribution in [0.1, 0.15) is 27.2 Å². The van der Waals surface area contributed by atoms with E-state index in [0.717, 1.165) is 11.4 Å². The number of piperazine rings is 1. The van der Waals surface area contributed by atoms with Crippen molar-refractivity contribution in [1.82, 2.24) is 20.1 Å². The van der Waals surface area contributed by atoms with E-state index in [-0.39, 0.29) is 17.2 Å². The number of rotatable bonds is 4. The number of aromatic hydroxyl groups is 1. The highest BCUT2D eigenvalue weighted by Crippen LogP contribution is 2.22. The van der Waals surface area contributed by atoms with Crippen LogP contribution in [-0.4, -0.2) is 57.3 Å². The number of benzene rings is 2. The van der Waals surface area contributed by atoms with Crippen LogP contribution in [-0.2, 0) is 6.42 Å². The maximum Gasteiger partial charge on any atom is 0.272 e. The van der Waals surface area contributed by atoms with Crippen molar-refractivity contribution in [3.63, 3.8) is 0 Å². The Hall–Kier alpha value is -4.71. The lowest BCUT2D eigenvalue weighted by Crippen LogP contribution is -2.49. The predicted octanol–water partition coefficient (Wildman–Crippen LogP) is 2.45. The normalized spacial score (nSPS) is 13.6. The number of amides is 1. The van der Waals surface area contributed by atoms with E-state index >= 15 is 0 Å². The fourth-order valence-electron chi connectivity index (χ4n) is 4.31. The molecule has 5 rings (SSSR count). The van der Waals surface area contributed by atoms with Crippen LogP contribution < -0.4 is 10.5 Å². The van der Waals surface area contributed by atoms with Gasteiger partial charge in [-0.2, -0.15) is 10.4 Å². The number of phenols is 1. The van der Waals surface area contributed by atoms with Crippen LogP contribution in [0.3, 0.4) is 0 Å². The number of hydrogen-bond acceptors (Lipinski definition) is 7. The van der Waals surface area contributed by atoms with E-state index in [2.05, 4.69) is 26.2 Å². The molecule has 4 aromatic rings. The van der Waals surface area contributed by atoms with Crippen molar-refractivity contribution < 1.29 is 9.90 Å². The average Bonchev–Trinajstić information content (AvgIpc) is 2.90. The third kappa shape index (κ3) is 4.54. The number of aromatic nitrogens is 3. The number of anilines is 1. The van der Waals surface area contributed by atoms with Gasteiger partial charge in [-0.3, -0.25) is 9.59 Å². The third-order valence-corrected chi connectivity index (χ3v) is 6.16. The van der Waals surface area contributed by atoms with Crippen molar-refractivity contribution in [2.75, 3.05) is 31.1 Å². The first kappa shape index (κ1) is 22.1. The molecule has 1 aliphatic heterocycles. The fraction of sp³-hybridized carbons (Fsp3) is 0.192. The molecule has 0 spiro atoms. The summed E-state index contributed by atoms with van der Waals surface area (Å²) >= 11 is 0. The first-order chi connectivity index (χ1) is 17.0. The molecule has 0 radical (unpaired) electrons. The van der Waals surface area contributed by atoms with Gasteiger partial charge in [0.25, 0.3) is 11.5 Å². The second kappa shape index (κ2) is 9.27. The molecule has 0 bridgehead atoms. The topological polar surface area (TPSA) is 126 Å². The molecule has 0 unspecified atom stereocenters. The zero-order chi connectivity index (χ0) is 24.4. The molecule has 2 aromatic carbocycles. The molecule has 1 fully saturated rings. The van der Waals surface area contributed by atoms with E-state index in [9.17, 15) is 14.7 Å². The van der Waals surface area contributed by atoms with E-state index in [1.54, 1.807) is 24.4 Å². The molecule has 9 nitrogen and oxygen atoms in total.